The zero-order valence-electron chi connectivity index (χ0n) is 10.9. The van der Waals surface area contributed by atoms with Gasteiger partial charge in [-0.3, -0.25) is 0 Å². The first kappa shape index (κ1) is 14.2. The van der Waals surface area contributed by atoms with Crippen LogP contribution >= 0.6 is 11.8 Å². The molecule has 0 saturated heterocycles. The molecule has 1 rings (SSSR count). The number of para-hydroxylation sites is 1. The topological polar surface area (TPSA) is 12.0 Å². The average Bonchev–Trinajstić information content (AvgIpc) is 2.37. The maximum Gasteiger partial charge on any atom is 0.0480 e. The molecule has 0 aromatic heterocycles. The molecule has 0 aliphatic carbocycles. The Labute approximate surface area is 110 Å². The van der Waals surface area contributed by atoms with Crippen LogP contribution in [0.4, 0.5) is 5.69 Å². The van der Waals surface area contributed by atoms with Crippen LogP contribution in [0.2, 0.25) is 0 Å². The summed E-state index contributed by atoms with van der Waals surface area (Å²) in [5.41, 5.74) is 1.26. The molecule has 0 fully saturated rings. The highest BCUT2D eigenvalue weighted by atomic mass is 32.2. The van der Waals surface area contributed by atoms with Crippen molar-refractivity contribution in [1.82, 2.24) is 0 Å². The van der Waals surface area contributed by atoms with Crippen molar-refractivity contribution < 1.29 is 0 Å². The summed E-state index contributed by atoms with van der Waals surface area (Å²) in [6.45, 7) is 8.25. The number of rotatable bonds is 8. The van der Waals surface area contributed by atoms with Crippen LogP contribution in [0.1, 0.15) is 33.1 Å². The van der Waals surface area contributed by atoms with E-state index in [1.165, 1.54) is 29.8 Å². The number of nitrogens with one attached hydrogen (secondary N) is 1. The molecular formula is C15H23NS. The van der Waals surface area contributed by atoms with Gasteiger partial charge in [-0.2, -0.15) is 0 Å². The van der Waals surface area contributed by atoms with Gasteiger partial charge in [0.2, 0.25) is 0 Å². The van der Waals surface area contributed by atoms with Gasteiger partial charge in [0.15, 0.2) is 0 Å². The average molecular weight is 249 g/mol. The molecule has 0 saturated carbocycles. The van der Waals surface area contributed by atoms with Crippen LogP contribution in [-0.4, -0.2) is 11.8 Å². The van der Waals surface area contributed by atoms with Gasteiger partial charge in [-0.15, -0.1) is 18.3 Å². The van der Waals surface area contributed by atoms with Gasteiger partial charge in [0.25, 0.3) is 0 Å². The van der Waals surface area contributed by atoms with Crippen molar-refractivity contribution in [2.24, 2.45) is 0 Å². The number of thioether (sulfide) groups is 1. The van der Waals surface area contributed by atoms with E-state index in [0.29, 0.717) is 6.04 Å². The van der Waals surface area contributed by atoms with E-state index in [1.807, 2.05) is 17.8 Å². The molecule has 0 aliphatic heterocycles. The van der Waals surface area contributed by atoms with Crippen LogP contribution in [0.3, 0.4) is 0 Å². The molecule has 0 heterocycles. The summed E-state index contributed by atoms with van der Waals surface area (Å²) < 4.78 is 0. The molecule has 1 unspecified atom stereocenters. The molecule has 0 radical (unpaired) electrons. The van der Waals surface area contributed by atoms with Crippen molar-refractivity contribution in [2.45, 2.75) is 44.0 Å². The SMILES string of the molecule is C=CCSc1ccccc1NC(CC)CCC. The van der Waals surface area contributed by atoms with E-state index in [0.717, 1.165) is 5.75 Å². The minimum absolute atomic E-state index is 0.588. The fourth-order valence-electron chi connectivity index (χ4n) is 1.81. The van der Waals surface area contributed by atoms with Crippen LogP contribution in [0.15, 0.2) is 41.8 Å². The number of benzene rings is 1. The predicted octanol–water partition coefficient (Wildman–Crippen LogP) is 4.96. The van der Waals surface area contributed by atoms with E-state index < -0.39 is 0 Å². The molecule has 1 atom stereocenters. The zero-order chi connectivity index (χ0) is 12.5. The van der Waals surface area contributed by atoms with E-state index >= 15 is 0 Å². The molecule has 94 valence electrons. The highest BCUT2D eigenvalue weighted by Crippen LogP contribution is 2.28. The number of anilines is 1. The van der Waals surface area contributed by atoms with Gasteiger partial charge in [0, 0.05) is 22.4 Å². The Kier molecular flexibility index (Phi) is 6.87. The van der Waals surface area contributed by atoms with Crippen molar-refractivity contribution in [1.29, 1.82) is 0 Å². The lowest BCUT2D eigenvalue weighted by Gasteiger charge is -2.19. The van der Waals surface area contributed by atoms with Crippen LogP contribution in [-0.2, 0) is 0 Å². The Hall–Kier alpha value is -0.890. The summed E-state index contributed by atoms with van der Waals surface area (Å²) in [5.74, 6) is 0.962. The minimum Gasteiger partial charge on any atom is -0.381 e. The molecule has 1 nitrogen and oxygen atoms in total. The Bertz CT molecular complexity index is 335. The molecule has 1 N–H and O–H groups in total. The summed E-state index contributed by atoms with van der Waals surface area (Å²) in [6.07, 6.45) is 5.59. The Morgan fingerprint density at radius 1 is 1.35 bits per heavy atom. The highest BCUT2D eigenvalue weighted by molar-refractivity contribution is 7.99. The lowest BCUT2D eigenvalue weighted by Crippen LogP contribution is -2.18. The van der Waals surface area contributed by atoms with Gasteiger partial charge in [-0.1, -0.05) is 38.5 Å². The maximum absolute atomic E-state index is 3.77. The van der Waals surface area contributed by atoms with E-state index in [9.17, 15) is 0 Å². The third-order valence-corrected chi connectivity index (χ3v) is 3.80. The lowest BCUT2D eigenvalue weighted by atomic mass is 10.1. The van der Waals surface area contributed by atoms with Gasteiger partial charge in [0.05, 0.1) is 0 Å². The molecule has 0 spiro atoms. The number of hydrogen-bond donors (Lipinski definition) is 1. The fourth-order valence-corrected chi connectivity index (χ4v) is 2.56. The highest BCUT2D eigenvalue weighted by Gasteiger charge is 2.07. The van der Waals surface area contributed by atoms with Crippen molar-refractivity contribution in [2.75, 3.05) is 11.1 Å². The van der Waals surface area contributed by atoms with Gasteiger partial charge < -0.3 is 5.32 Å². The molecule has 1 aromatic carbocycles. The van der Waals surface area contributed by atoms with Gasteiger partial charge in [0.1, 0.15) is 0 Å². The van der Waals surface area contributed by atoms with Crippen molar-refractivity contribution in [3.05, 3.63) is 36.9 Å². The minimum atomic E-state index is 0.588. The molecular weight excluding hydrogens is 226 g/mol. The third-order valence-electron chi connectivity index (χ3n) is 2.73. The smallest absolute Gasteiger partial charge is 0.0480 e. The van der Waals surface area contributed by atoms with Gasteiger partial charge >= 0.3 is 0 Å². The molecule has 17 heavy (non-hydrogen) atoms. The first-order valence-electron chi connectivity index (χ1n) is 6.41. The summed E-state index contributed by atoms with van der Waals surface area (Å²) in [6, 6.07) is 9.13. The first-order valence-corrected chi connectivity index (χ1v) is 7.39. The van der Waals surface area contributed by atoms with Gasteiger partial charge in [-0.05, 0) is 25.0 Å². The van der Waals surface area contributed by atoms with Crippen molar-refractivity contribution in [3.8, 4) is 0 Å². The predicted molar refractivity (Wildman–Crippen MR) is 80.0 cm³/mol. The Balaban J connectivity index is 2.70. The summed E-state index contributed by atoms with van der Waals surface area (Å²) in [5, 5.41) is 3.65. The van der Waals surface area contributed by atoms with E-state index in [1.54, 1.807) is 0 Å². The standard InChI is InChI=1S/C15H23NS/c1-4-9-13(6-3)16-14-10-7-8-11-15(14)17-12-5-2/h5,7-8,10-11,13,16H,2,4,6,9,12H2,1,3H3. The second kappa shape index (κ2) is 8.24. The molecule has 0 amide bonds. The number of hydrogen-bond acceptors (Lipinski definition) is 2. The fraction of sp³-hybridized carbons (Fsp3) is 0.467. The first-order chi connectivity index (χ1) is 8.31. The molecule has 1 aromatic rings. The Morgan fingerprint density at radius 2 is 2.12 bits per heavy atom. The van der Waals surface area contributed by atoms with Crippen LogP contribution in [0, 0.1) is 0 Å². The van der Waals surface area contributed by atoms with Crippen molar-refractivity contribution in [3.63, 3.8) is 0 Å². The summed E-state index contributed by atoms with van der Waals surface area (Å²) in [4.78, 5) is 1.32. The van der Waals surface area contributed by atoms with Crippen LogP contribution < -0.4 is 5.32 Å². The molecule has 0 bridgehead atoms. The second-order valence-electron chi connectivity index (χ2n) is 4.13. The summed E-state index contributed by atoms with van der Waals surface area (Å²) in [7, 11) is 0. The summed E-state index contributed by atoms with van der Waals surface area (Å²) >= 11 is 1.84. The Morgan fingerprint density at radius 3 is 2.76 bits per heavy atom. The van der Waals surface area contributed by atoms with E-state index in [4.69, 9.17) is 0 Å². The third kappa shape index (κ3) is 4.86. The van der Waals surface area contributed by atoms with E-state index in [2.05, 4.69) is 50.0 Å². The quantitative estimate of drug-likeness (QED) is 0.516. The molecule has 2 heteroatoms. The van der Waals surface area contributed by atoms with Crippen LogP contribution in [0.5, 0.6) is 0 Å². The van der Waals surface area contributed by atoms with Crippen molar-refractivity contribution >= 4 is 17.4 Å². The monoisotopic (exact) mass is 249 g/mol. The van der Waals surface area contributed by atoms with Gasteiger partial charge in [-0.25, -0.2) is 0 Å². The molecule has 0 aliphatic rings. The maximum atomic E-state index is 3.77. The second-order valence-corrected chi connectivity index (χ2v) is 5.20. The lowest BCUT2D eigenvalue weighted by molar-refractivity contribution is 0.621. The zero-order valence-corrected chi connectivity index (χ0v) is 11.7. The normalized spacial score (nSPS) is 12.1. The van der Waals surface area contributed by atoms with Crippen LogP contribution in [0.25, 0.3) is 0 Å². The largest absolute Gasteiger partial charge is 0.381 e. The van der Waals surface area contributed by atoms with E-state index in [-0.39, 0.29) is 0 Å².